The van der Waals surface area contributed by atoms with Crippen LogP contribution in [0.5, 0.6) is 0 Å². The molecule has 2 saturated heterocycles. The Morgan fingerprint density at radius 1 is 1.24 bits per heavy atom. The van der Waals surface area contributed by atoms with Crippen LogP contribution in [0.2, 0.25) is 0 Å². The lowest BCUT2D eigenvalue weighted by Gasteiger charge is -2.27. The summed E-state index contributed by atoms with van der Waals surface area (Å²) in [6.45, 7) is 5.47. The number of hydrogen-bond acceptors (Lipinski definition) is 5. The molecule has 3 aromatic heterocycles. The second-order valence-electron chi connectivity index (χ2n) is 8.73. The summed E-state index contributed by atoms with van der Waals surface area (Å²) in [5.74, 6) is 0.0404. The van der Waals surface area contributed by atoms with E-state index in [0.29, 0.717) is 26.1 Å². The zero-order chi connectivity index (χ0) is 23.7. The molecule has 2 aliphatic rings. The standard InChI is InChI=1S/C25H27N7O2/c1-2-23(33)32-11-4-6-22(32)25(34)31-12-8-16(15-31)21-13-18-17(7-10-27-24(18)29-21)19-14-28-30-20(19)5-3-9-26/h2-3,5,7,9-10,13-14,16,22,26H,1,4,6,8,11-12,15H2,(H,27,29)(H,28,30)/b5-3-,26-9?. The van der Waals surface area contributed by atoms with E-state index in [0.717, 1.165) is 46.4 Å². The predicted octanol–water partition coefficient (Wildman–Crippen LogP) is 3.11. The van der Waals surface area contributed by atoms with Crippen molar-refractivity contribution in [3.8, 4) is 11.1 Å². The Morgan fingerprint density at radius 3 is 2.94 bits per heavy atom. The number of amides is 2. The summed E-state index contributed by atoms with van der Waals surface area (Å²) in [4.78, 5) is 36.9. The number of aromatic nitrogens is 4. The van der Waals surface area contributed by atoms with Gasteiger partial charge in [0.2, 0.25) is 11.8 Å². The van der Waals surface area contributed by atoms with E-state index in [4.69, 9.17) is 5.41 Å². The van der Waals surface area contributed by atoms with Crippen LogP contribution in [0.15, 0.2) is 43.3 Å². The number of likely N-dealkylation sites (tertiary alicyclic amines) is 2. The van der Waals surface area contributed by atoms with Crippen LogP contribution in [0, 0.1) is 5.41 Å². The Morgan fingerprint density at radius 2 is 2.12 bits per heavy atom. The number of H-pyrrole nitrogens is 2. The third kappa shape index (κ3) is 3.83. The van der Waals surface area contributed by atoms with Gasteiger partial charge in [-0.15, -0.1) is 0 Å². The first-order valence-electron chi connectivity index (χ1n) is 11.5. The number of rotatable bonds is 6. The van der Waals surface area contributed by atoms with Crippen LogP contribution in [0.1, 0.15) is 36.6 Å². The van der Waals surface area contributed by atoms with Gasteiger partial charge in [0.05, 0.1) is 11.9 Å². The average Bonchev–Trinajstić information content (AvgIpc) is 3.66. The fourth-order valence-electron chi connectivity index (χ4n) is 5.11. The highest BCUT2D eigenvalue weighted by atomic mass is 16.2. The number of pyridine rings is 1. The van der Waals surface area contributed by atoms with Crippen LogP contribution in [0.3, 0.4) is 0 Å². The van der Waals surface area contributed by atoms with Crippen LogP contribution in [0.25, 0.3) is 28.2 Å². The lowest BCUT2D eigenvalue weighted by Crippen LogP contribution is -2.46. The van der Waals surface area contributed by atoms with E-state index >= 15 is 0 Å². The van der Waals surface area contributed by atoms with E-state index in [2.05, 4.69) is 32.8 Å². The van der Waals surface area contributed by atoms with Gasteiger partial charge in [0, 0.05) is 54.6 Å². The Kier molecular flexibility index (Phi) is 5.83. The molecule has 3 aromatic rings. The summed E-state index contributed by atoms with van der Waals surface area (Å²) in [6.07, 6.45) is 11.9. The summed E-state index contributed by atoms with van der Waals surface area (Å²) in [5.41, 5.74) is 4.61. The molecule has 0 aromatic carbocycles. The van der Waals surface area contributed by atoms with Gasteiger partial charge in [0.25, 0.3) is 0 Å². The third-order valence-electron chi connectivity index (χ3n) is 6.81. The zero-order valence-electron chi connectivity index (χ0n) is 18.8. The Balaban J connectivity index is 1.38. The average molecular weight is 458 g/mol. The zero-order valence-corrected chi connectivity index (χ0v) is 18.8. The van der Waals surface area contributed by atoms with Crippen molar-refractivity contribution in [2.45, 2.75) is 31.2 Å². The topological polar surface area (TPSA) is 122 Å². The van der Waals surface area contributed by atoms with Crippen LogP contribution in [0.4, 0.5) is 0 Å². The summed E-state index contributed by atoms with van der Waals surface area (Å²) in [5, 5.41) is 15.4. The van der Waals surface area contributed by atoms with Crippen molar-refractivity contribution >= 4 is 35.1 Å². The van der Waals surface area contributed by atoms with E-state index in [1.165, 1.54) is 12.3 Å². The molecular weight excluding hydrogens is 430 g/mol. The highest BCUT2D eigenvalue weighted by molar-refractivity contribution is 5.96. The maximum Gasteiger partial charge on any atom is 0.246 e. The highest BCUT2D eigenvalue weighted by Crippen LogP contribution is 2.35. The number of nitrogens with zero attached hydrogens (tertiary/aromatic N) is 4. The molecule has 2 fully saturated rings. The fourth-order valence-corrected chi connectivity index (χ4v) is 5.11. The molecule has 5 rings (SSSR count). The minimum Gasteiger partial charge on any atom is -0.343 e. The summed E-state index contributed by atoms with van der Waals surface area (Å²) in [7, 11) is 0. The van der Waals surface area contributed by atoms with Gasteiger partial charge in [-0.2, -0.15) is 5.10 Å². The van der Waals surface area contributed by atoms with E-state index in [1.807, 2.05) is 17.0 Å². The smallest absolute Gasteiger partial charge is 0.246 e. The van der Waals surface area contributed by atoms with Crippen molar-refractivity contribution < 1.29 is 9.59 Å². The van der Waals surface area contributed by atoms with Gasteiger partial charge in [0.1, 0.15) is 11.7 Å². The molecule has 0 radical (unpaired) electrons. The van der Waals surface area contributed by atoms with Crippen molar-refractivity contribution in [2.75, 3.05) is 19.6 Å². The summed E-state index contributed by atoms with van der Waals surface area (Å²) in [6, 6.07) is 3.70. The van der Waals surface area contributed by atoms with Crippen LogP contribution >= 0.6 is 0 Å². The molecule has 5 heterocycles. The molecule has 0 spiro atoms. The molecule has 34 heavy (non-hydrogen) atoms. The quantitative estimate of drug-likeness (QED) is 0.389. The lowest BCUT2D eigenvalue weighted by atomic mass is 10.0. The van der Waals surface area contributed by atoms with E-state index < -0.39 is 0 Å². The number of aromatic amines is 2. The molecule has 2 unspecified atom stereocenters. The second kappa shape index (κ2) is 9.09. The molecule has 174 valence electrons. The normalized spacial score (nSPS) is 20.5. The van der Waals surface area contributed by atoms with Crippen molar-refractivity contribution in [3.63, 3.8) is 0 Å². The van der Waals surface area contributed by atoms with Crippen molar-refractivity contribution in [3.05, 3.63) is 54.6 Å². The lowest BCUT2D eigenvalue weighted by molar-refractivity contribution is -0.140. The van der Waals surface area contributed by atoms with Crippen LogP contribution < -0.4 is 0 Å². The molecule has 2 amide bonds. The summed E-state index contributed by atoms with van der Waals surface area (Å²) >= 11 is 0. The van der Waals surface area contributed by atoms with Gasteiger partial charge < -0.3 is 20.2 Å². The first-order chi connectivity index (χ1) is 16.6. The van der Waals surface area contributed by atoms with Gasteiger partial charge >= 0.3 is 0 Å². The van der Waals surface area contributed by atoms with Crippen molar-refractivity contribution in [1.29, 1.82) is 5.41 Å². The largest absolute Gasteiger partial charge is 0.343 e. The molecule has 9 heteroatoms. The highest BCUT2D eigenvalue weighted by Gasteiger charge is 2.38. The maximum absolute atomic E-state index is 13.2. The van der Waals surface area contributed by atoms with Gasteiger partial charge in [-0.05, 0) is 55.2 Å². The molecule has 2 atom stereocenters. The molecule has 0 saturated carbocycles. The minimum absolute atomic E-state index is 0.0335. The molecule has 9 nitrogen and oxygen atoms in total. The second-order valence-corrected chi connectivity index (χ2v) is 8.73. The number of carbonyl (C=O) groups excluding carboxylic acids is 2. The van der Waals surface area contributed by atoms with Gasteiger partial charge in [0.15, 0.2) is 0 Å². The SMILES string of the molecule is C=CC(=O)N1CCCC1C(=O)N1CCC(c2cc3c(-c4cn[nH]c4/C=C\C=N)ccnc3[nH]2)C1. The Bertz CT molecular complexity index is 1290. The van der Waals surface area contributed by atoms with E-state index in [9.17, 15) is 9.59 Å². The number of carbonyl (C=O) groups is 2. The van der Waals surface area contributed by atoms with E-state index in [-0.39, 0.29) is 23.8 Å². The van der Waals surface area contributed by atoms with Crippen LogP contribution in [-0.4, -0.2) is 73.7 Å². The Labute approximate surface area is 197 Å². The van der Waals surface area contributed by atoms with Crippen molar-refractivity contribution in [2.24, 2.45) is 0 Å². The molecule has 0 bridgehead atoms. The van der Waals surface area contributed by atoms with Crippen molar-refractivity contribution in [1.82, 2.24) is 30.0 Å². The van der Waals surface area contributed by atoms with Gasteiger partial charge in [-0.1, -0.05) is 6.58 Å². The van der Waals surface area contributed by atoms with Gasteiger partial charge in [-0.3, -0.25) is 14.7 Å². The van der Waals surface area contributed by atoms with E-state index in [1.54, 1.807) is 23.4 Å². The summed E-state index contributed by atoms with van der Waals surface area (Å²) < 4.78 is 0. The number of hydrogen-bond donors (Lipinski definition) is 3. The van der Waals surface area contributed by atoms with Crippen LogP contribution in [-0.2, 0) is 9.59 Å². The number of fused-ring (bicyclic) bond motifs is 1. The molecular formula is C25H27N7O2. The first kappa shape index (κ1) is 21.8. The number of allylic oxidation sites excluding steroid dienone is 1. The van der Waals surface area contributed by atoms with Gasteiger partial charge in [-0.25, -0.2) is 4.98 Å². The third-order valence-corrected chi connectivity index (χ3v) is 6.81. The fraction of sp³-hybridized carbons (Fsp3) is 0.320. The molecule has 0 aliphatic carbocycles. The minimum atomic E-state index is -0.381. The number of nitrogens with one attached hydrogen (secondary N) is 3. The Hall–Kier alpha value is -4.01. The molecule has 2 aliphatic heterocycles. The predicted molar refractivity (Wildman–Crippen MR) is 130 cm³/mol. The molecule has 3 N–H and O–H groups in total. The first-order valence-corrected chi connectivity index (χ1v) is 11.5. The maximum atomic E-state index is 13.2. The monoisotopic (exact) mass is 457 g/mol.